The molecule has 3 rings (SSSR count). The number of nitrogens with zero attached hydrogens (tertiary/aromatic N) is 1. The van der Waals surface area contributed by atoms with E-state index in [-0.39, 0.29) is 36.3 Å². The van der Waals surface area contributed by atoms with Gasteiger partial charge in [0.1, 0.15) is 11.6 Å². The fourth-order valence-corrected chi connectivity index (χ4v) is 3.63. The number of carbonyl (C=O) groups excluding carboxylic acids is 4. The fourth-order valence-electron chi connectivity index (χ4n) is 3.63. The highest BCUT2D eigenvalue weighted by molar-refractivity contribution is 6.30. The van der Waals surface area contributed by atoms with E-state index in [1.54, 1.807) is 37.3 Å². The molecule has 3 aromatic carbocycles. The second-order valence-corrected chi connectivity index (χ2v) is 7.52. The molecule has 0 spiro atoms. The lowest BCUT2D eigenvalue weighted by Gasteiger charge is -2.31. The Bertz CT molecular complexity index is 1210. The zero-order valence-corrected chi connectivity index (χ0v) is 19.3. The molecule has 0 aliphatic carbocycles. The van der Waals surface area contributed by atoms with E-state index in [1.807, 2.05) is 0 Å². The molecule has 0 aliphatic heterocycles. The number of benzene rings is 3. The van der Waals surface area contributed by atoms with Gasteiger partial charge in [0, 0.05) is 17.7 Å². The molecule has 7 nitrogen and oxygen atoms in total. The van der Waals surface area contributed by atoms with Crippen molar-refractivity contribution in [3.8, 4) is 5.75 Å². The van der Waals surface area contributed by atoms with Gasteiger partial charge in [-0.05, 0) is 73.2 Å². The van der Waals surface area contributed by atoms with Crippen molar-refractivity contribution in [3.05, 3.63) is 95.3 Å². The Morgan fingerprint density at radius 1 is 0.971 bits per heavy atom. The van der Waals surface area contributed by atoms with Gasteiger partial charge in [-0.2, -0.15) is 0 Å². The van der Waals surface area contributed by atoms with E-state index < -0.39 is 23.7 Å². The van der Waals surface area contributed by atoms with Crippen LogP contribution in [-0.4, -0.2) is 37.7 Å². The zero-order chi connectivity index (χ0) is 25.4. The normalized spacial score (nSPS) is 11.3. The van der Waals surface area contributed by atoms with Crippen molar-refractivity contribution in [2.45, 2.75) is 19.4 Å². The van der Waals surface area contributed by atoms with Crippen LogP contribution in [0.5, 0.6) is 5.75 Å². The number of hydrogen-bond acceptors (Lipinski definition) is 6. The van der Waals surface area contributed by atoms with Crippen molar-refractivity contribution < 1.29 is 33.0 Å². The second kappa shape index (κ2) is 11.7. The molecule has 1 atom stereocenters. The molecule has 0 aromatic heterocycles. The van der Waals surface area contributed by atoms with Gasteiger partial charge in [-0.3, -0.25) is 19.3 Å². The number of ether oxygens (including phenoxy) is 2. The molecule has 8 heteroatoms. The topological polar surface area (TPSA) is 90.0 Å². The fraction of sp³-hybridized carbons (Fsp3) is 0.185. The standard InChI is InChI=1S/C27H24FNO6/c1-3-35-27(33)19-7-11-22(12-8-19)29(26(32)17-30)24(20-5-4-6-21(28)15-20)16-25(31)18-9-13-23(34-2)14-10-18/h4-15,17,24H,3,16H2,1-2H3. The molecule has 1 amide bonds. The summed E-state index contributed by atoms with van der Waals surface area (Å²) in [6, 6.07) is 16.8. The van der Waals surface area contributed by atoms with Crippen LogP contribution < -0.4 is 9.64 Å². The number of anilines is 1. The Morgan fingerprint density at radius 2 is 1.63 bits per heavy atom. The van der Waals surface area contributed by atoms with Crippen LogP contribution >= 0.6 is 0 Å². The summed E-state index contributed by atoms with van der Waals surface area (Å²) in [6.45, 7) is 1.88. The van der Waals surface area contributed by atoms with Gasteiger partial charge in [-0.15, -0.1) is 0 Å². The van der Waals surface area contributed by atoms with Gasteiger partial charge in [-0.1, -0.05) is 12.1 Å². The summed E-state index contributed by atoms with van der Waals surface area (Å²) in [5.41, 5.74) is 1.21. The van der Waals surface area contributed by atoms with Gasteiger partial charge in [0.25, 0.3) is 5.91 Å². The summed E-state index contributed by atoms with van der Waals surface area (Å²) in [6.07, 6.45) is -0.0988. The minimum atomic E-state index is -0.994. The SMILES string of the molecule is CCOC(=O)c1ccc(N(C(=O)C=O)C(CC(=O)c2ccc(OC)cc2)c2cccc(F)c2)cc1. The highest BCUT2D eigenvalue weighted by Gasteiger charge is 2.29. The van der Waals surface area contributed by atoms with Crippen molar-refractivity contribution in [2.75, 3.05) is 18.6 Å². The predicted molar refractivity (Wildman–Crippen MR) is 127 cm³/mol. The van der Waals surface area contributed by atoms with Gasteiger partial charge < -0.3 is 9.47 Å². The highest BCUT2D eigenvalue weighted by Crippen LogP contribution is 2.32. The Kier molecular flexibility index (Phi) is 8.45. The summed E-state index contributed by atoms with van der Waals surface area (Å²) in [5.74, 6) is -1.77. The Hall–Kier alpha value is -4.33. The quantitative estimate of drug-likeness (QED) is 0.184. The molecular weight excluding hydrogens is 453 g/mol. The van der Waals surface area contributed by atoms with E-state index in [0.717, 1.165) is 4.90 Å². The lowest BCUT2D eigenvalue weighted by atomic mass is 9.95. The third-order valence-corrected chi connectivity index (χ3v) is 5.33. The third-order valence-electron chi connectivity index (χ3n) is 5.33. The number of ketones is 1. The lowest BCUT2D eigenvalue weighted by molar-refractivity contribution is -0.129. The van der Waals surface area contributed by atoms with Crippen LogP contribution in [0.25, 0.3) is 0 Å². The van der Waals surface area contributed by atoms with Crippen LogP contribution in [0.2, 0.25) is 0 Å². The zero-order valence-electron chi connectivity index (χ0n) is 19.3. The third kappa shape index (κ3) is 6.17. The van der Waals surface area contributed by atoms with Crippen molar-refractivity contribution >= 4 is 29.6 Å². The predicted octanol–water partition coefficient (Wildman–Crippen LogP) is 4.56. The number of amides is 1. The van der Waals surface area contributed by atoms with Crippen LogP contribution in [0.4, 0.5) is 10.1 Å². The Morgan fingerprint density at radius 3 is 2.20 bits per heavy atom. The van der Waals surface area contributed by atoms with Gasteiger partial charge in [0.15, 0.2) is 5.78 Å². The average Bonchev–Trinajstić information content (AvgIpc) is 2.88. The molecule has 0 bridgehead atoms. The first-order valence-electron chi connectivity index (χ1n) is 10.9. The number of rotatable bonds is 10. The van der Waals surface area contributed by atoms with E-state index in [1.165, 1.54) is 49.6 Å². The smallest absolute Gasteiger partial charge is 0.338 e. The number of Topliss-reactive ketones (excluding diaryl/α,β-unsaturated/α-hetero) is 1. The van der Waals surface area contributed by atoms with Crippen molar-refractivity contribution in [3.63, 3.8) is 0 Å². The first-order valence-corrected chi connectivity index (χ1v) is 10.9. The Labute approximate surface area is 202 Å². The molecule has 0 aliphatic rings. The summed E-state index contributed by atoms with van der Waals surface area (Å²) in [4.78, 5) is 50.6. The maximum Gasteiger partial charge on any atom is 0.338 e. The molecule has 180 valence electrons. The molecular formula is C27H24FNO6. The highest BCUT2D eigenvalue weighted by atomic mass is 19.1. The van der Waals surface area contributed by atoms with Gasteiger partial charge in [0.05, 0.1) is 25.3 Å². The summed E-state index contributed by atoms with van der Waals surface area (Å²) in [5, 5.41) is 0. The lowest BCUT2D eigenvalue weighted by Crippen LogP contribution is -2.37. The first-order chi connectivity index (χ1) is 16.9. The number of hydrogen-bond donors (Lipinski definition) is 0. The van der Waals surface area contributed by atoms with Crippen LogP contribution in [0, 0.1) is 5.82 Å². The van der Waals surface area contributed by atoms with Gasteiger partial charge >= 0.3 is 5.97 Å². The number of methoxy groups -OCH3 is 1. The van der Waals surface area contributed by atoms with Crippen LogP contribution in [0.3, 0.4) is 0 Å². The van der Waals surface area contributed by atoms with E-state index in [2.05, 4.69) is 0 Å². The van der Waals surface area contributed by atoms with Crippen molar-refractivity contribution in [2.24, 2.45) is 0 Å². The second-order valence-electron chi connectivity index (χ2n) is 7.52. The largest absolute Gasteiger partial charge is 0.497 e. The summed E-state index contributed by atoms with van der Waals surface area (Å²) >= 11 is 0. The summed E-state index contributed by atoms with van der Waals surface area (Å²) < 4.78 is 24.2. The molecule has 0 heterocycles. The average molecular weight is 477 g/mol. The monoisotopic (exact) mass is 477 g/mol. The number of halogens is 1. The summed E-state index contributed by atoms with van der Waals surface area (Å²) in [7, 11) is 1.51. The molecule has 0 radical (unpaired) electrons. The van der Waals surface area contributed by atoms with E-state index >= 15 is 0 Å². The Balaban J connectivity index is 2.03. The molecule has 0 saturated heterocycles. The van der Waals surface area contributed by atoms with E-state index in [9.17, 15) is 23.6 Å². The molecule has 0 fully saturated rings. The van der Waals surface area contributed by atoms with Crippen molar-refractivity contribution in [1.29, 1.82) is 0 Å². The van der Waals surface area contributed by atoms with Crippen LogP contribution in [-0.2, 0) is 14.3 Å². The van der Waals surface area contributed by atoms with E-state index in [0.29, 0.717) is 16.9 Å². The maximum atomic E-state index is 14.1. The van der Waals surface area contributed by atoms with Crippen LogP contribution in [0.15, 0.2) is 72.8 Å². The molecule has 35 heavy (non-hydrogen) atoms. The number of carbonyl (C=O) groups is 4. The minimum Gasteiger partial charge on any atom is -0.497 e. The number of esters is 1. The molecule has 1 unspecified atom stereocenters. The van der Waals surface area contributed by atoms with Gasteiger partial charge in [0.2, 0.25) is 6.29 Å². The van der Waals surface area contributed by atoms with Crippen LogP contribution in [0.1, 0.15) is 45.7 Å². The van der Waals surface area contributed by atoms with Crippen molar-refractivity contribution in [1.82, 2.24) is 0 Å². The van der Waals surface area contributed by atoms with E-state index in [4.69, 9.17) is 9.47 Å². The molecule has 3 aromatic rings. The molecule has 0 N–H and O–H groups in total. The molecule has 0 saturated carbocycles. The number of aldehydes is 1. The first kappa shape index (κ1) is 25.3. The maximum absolute atomic E-state index is 14.1. The minimum absolute atomic E-state index is 0.128. The van der Waals surface area contributed by atoms with Gasteiger partial charge in [-0.25, -0.2) is 9.18 Å².